The average Bonchev–Trinajstić information content (AvgIpc) is 3.23. The first-order chi connectivity index (χ1) is 12.9. The molecule has 0 aliphatic heterocycles. The largest absolute Gasteiger partial charge is 0.346 e. The molecule has 0 radical (unpaired) electrons. The fourth-order valence-corrected chi connectivity index (χ4v) is 2.85. The van der Waals surface area contributed by atoms with Crippen LogP contribution in [0.4, 0.5) is 4.39 Å². The van der Waals surface area contributed by atoms with E-state index in [-0.39, 0.29) is 22.5 Å². The van der Waals surface area contributed by atoms with Crippen LogP contribution in [0.15, 0.2) is 36.9 Å². The van der Waals surface area contributed by atoms with Gasteiger partial charge in [-0.3, -0.25) is 9.48 Å². The molecule has 27 heavy (non-hydrogen) atoms. The molecule has 9 heteroatoms. The number of carbonyl (C=O) groups excluding carboxylic acids is 1. The van der Waals surface area contributed by atoms with Crippen LogP contribution in [0.5, 0.6) is 0 Å². The van der Waals surface area contributed by atoms with Gasteiger partial charge in [0.05, 0.1) is 23.6 Å². The van der Waals surface area contributed by atoms with Crippen molar-refractivity contribution in [3.8, 4) is 17.3 Å². The Labute approximate surface area is 160 Å². The van der Waals surface area contributed by atoms with Crippen LogP contribution in [0.1, 0.15) is 23.0 Å². The number of nitrogens with one attached hydrogen (secondary N) is 1. The third-order valence-corrected chi connectivity index (χ3v) is 4.16. The summed E-state index contributed by atoms with van der Waals surface area (Å²) in [6.07, 6.45) is 4.92. The molecule has 2 aromatic heterocycles. The van der Waals surface area contributed by atoms with Gasteiger partial charge in [-0.15, -0.1) is 0 Å². The molecule has 0 saturated carbocycles. The zero-order valence-electron chi connectivity index (χ0n) is 14.6. The summed E-state index contributed by atoms with van der Waals surface area (Å²) in [4.78, 5) is 16.1. The third kappa shape index (κ3) is 4.15. The number of aromatic nitrogens is 4. The quantitative estimate of drug-likeness (QED) is 0.730. The molecule has 0 saturated heterocycles. The molecule has 2 heterocycles. The molecule has 3 rings (SSSR count). The van der Waals surface area contributed by atoms with Gasteiger partial charge in [-0.1, -0.05) is 11.6 Å². The summed E-state index contributed by atoms with van der Waals surface area (Å²) in [5, 5.41) is 16.2. The smallest absolute Gasteiger partial charge is 0.271 e. The highest BCUT2D eigenvalue weighted by molar-refractivity contribution is 6.32. The van der Waals surface area contributed by atoms with Crippen LogP contribution >= 0.6 is 11.6 Å². The summed E-state index contributed by atoms with van der Waals surface area (Å²) in [7, 11) is 1.79. The summed E-state index contributed by atoms with van der Waals surface area (Å²) in [6, 6.07) is 5.97. The molecular formula is C18H16ClFN6O. The number of hydrogen-bond donors (Lipinski definition) is 1. The van der Waals surface area contributed by atoms with E-state index < -0.39 is 5.82 Å². The lowest BCUT2D eigenvalue weighted by Crippen LogP contribution is -2.36. The molecule has 0 aliphatic carbocycles. The van der Waals surface area contributed by atoms with E-state index in [2.05, 4.69) is 15.4 Å². The van der Waals surface area contributed by atoms with Gasteiger partial charge in [-0.2, -0.15) is 10.4 Å². The second kappa shape index (κ2) is 7.60. The van der Waals surface area contributed by atoms with Crippen molar-refractivity contribution < 1.29 is 9.18 Å². The Morgan fingerprint density at radius 3 is 2.89 bits per heavy atom. The highest BCUT2D eigenvalue weighted by atomic mass is 35.5. The van der Waals surface area contributed by atoms with E-state index in [4.69, 9.17) is 16.9 Å². The molecule has 1 aromatic carbocycles. The van der Waals surface area contributed by atoms with Crippen molar-refractivity contribution in [3.05, 3.63) is 59.0 Å². The van der Waals surface area contributed by atoms with Gasteiger partial charge in [0.25, 0.3) is 5.91 Å². The van der Waals surface area contributed by atoms with Crippen molar-refractivity contribution in [2.24, 2.45) is 7.05 Å². The van der Waals surface area contributed by atoms with E-state index in [1.807, 2.05) is 6.92 Å². The SMILES string of the molecule is C[C@@H](Cn1ccc(-c2cc(F)c(C#N)c(Cl)c2)n1)NC(=O)c1cn(C)cn1. The molecule has 0 bridgehead atoms. The Bertz CT molecular complexity index is 1010. The van der Waals surface area contributed by atoms with E-state index in [1.54, 1.807) is 47.2 Å². The predicted octanol–water partition coefficient (Wildman–Crippen LogP) is 2.77. The van der Waals surface area contributed by atoms with Crippen molar-refractivity contribution in [3.63, 3.8) is 0 Å². The first-order valence-electron chi connectivity index (χ1n) is 8.09. The topological polar surface area (TPSA) is 88.5 Å². The first kappa shape index (κ1) is 18.6. The number of rotatable bonds is 5. The van der Waals surface area contributed by atoms with Gasteiger partial charge in [0.2, 0.25) is 0 Å². The number of aryl methyl sites for hydroxylation is 1. The van der Waals surface area contributed by atoms with Crippen LogP contribution in [0.25, 0.3) is 11.3 Å². The highest BCUT2D eigenvalue weighted by Gasteiger charge is 2.15. The molecular weight excluding hydrogens is 371 g/mol. The van der Waals surface area contributed by atoms with E-state index >= 15 is 0 Å². The zero-order chi connectivity index (χ0) is 19.6. The van der Waals surface area contributed by atoms with Gasteiger partial charge < -0.3 is 9.88 Å². The van der Waals surface area contributed by atoms with Crippen LogP contribution in [-0.4, -0.2) is 31.3 Å². The molecule has 0 spiro atoms. The summed E-state index contributed by atoms with van der Waals surface area (Å²) in [6.45, 7) is 2.27. The Morgan fingerprint density at radius 2 is 2.26 bits per heavy atom. The fourth-order valence-electron chi connectivity index (χ4n) is 2.60. The van der Waals surface area contributed by atoms with Gasteiger partial charge in [-0.05, 0) is 25.1 Å². The lowest BCUT2D eigenvalue weighted by molar-refractivity contribution is 0.0931. The zero-order valence-corrected chi connectivity index (χ0v) is 15.4. The molecule has 3 aromatic rings. The minimum atomic E-state index is -0.689. The summed E-state index contributed by atoms with van der Waals surface area (Å²) in [5.41, 5.74) is 1.14. The van der Waals surface area contributed by atoms with E-state index in [1.165, 1.54) is 12.1 Å². The summed E-state index contributed by atoms with van der Waals surface area (Å²) < 4.78 is 17.3. The van der Waals surface area contributed by atoms with Gasteiger partial charge in [0.15, 0.2) is 0 Å². The van der Waals surface area contributed by atoms with E-state index in [9.17, 15) is 9.18 Å². The Hall–Kier alpha value is -3.18. The second-order valence-corrected chi connectivity index (χ2v) is 6.56. The first-order valence-corrected chi connectivity index (χ1v) is 8.47. The average molecular weight is 387 g/mol. The van der Waals surface area contributed by atoms with Crippen LogP contribution < -0.4 is 5.32 Å². The maximum atomic E-state index is 13.9. The minimum absolute atomic E-state index is 0.0399. The predicted molar refractivity (Wildman–Crippen MR) is 97.5 cm³/mol. The van der Waals surface area contributed by atoms with Crippen LogP contribution in [-0.2, 0) is 13.6 Å². The molecule has 1 amide bonds. The lowest BCUT2D eigenvalue weighted by atomic mass is 10.1. The molecule has 0 aliphatic rings. The molecule has 0 unspecified atom stereocenters. The number of carbonyl (C=O) groups is 1. The monoisotopic (exact) mass is 386 g/mol. The number of hydrogen-bond acceptors (Lipinski definition) is 4. The number of halogens is 2. The Balaban J connectivity index is 1.69. The van der Waals surface area contributed by atoms with Crippen LogP contribution in [0.2, 0.25) is 5.02 Å². The Kier molecular flexibility index (Phi) is 5.23. The van der Waals surface area contributed by atoms with Crippen LogP contribution in [0.3, 0.4) is 0 Å². The second-order valence-electron chi connectivity index (χ2n) is 6.15. The number of benzene rings is 1. The summed E-state index contributed by atoms with van der Waals surface area (Å²) >= 11 is 5.94. The van der Waals surface area contributed by atoms with Gasteiger partial charge >= 0.3 is 0 Å². The fraction of sp³-hybridized carbons (Fsp3) is 0.222. The minimum Gasteiger partial charge on any atom is -0.346 e. The highest BCUT2D eigenvalue weighted by Crippen LogP contribution is 2.26. The number of nitrogens with zero attached hydrogens (tertiary/aromatic N) is 5. The van der Waals surface area contributed by atoms with Gasteiger partial charge in [0, 0.05) is 31.0 Å². The summed E-state index contributed by atoms with van der Waals surface area (Å²) in [5.74, 6) is -0.957. The molecule has 1 N–H and O–H groups in total. The standard InChI is InChI=1S/C18H16ClFN6O/c1-11(23-18(27)17-9-25(2)10-22-17)8-26-4-3-16(24-26)12-5-14(19)13(7-21)15(20)6-12/h3-6,9-11H,8H2,1-2H3,(H,23,27)/t11-/m0/s1. The van der Waals surface area contributed by atoms with Crippen molar-refractivity contribution in [1.29, 1.82) is 5.26 Å². The molecule has 138 valence electrons. The lowest BCUT2D eigenvalue weighted by Gasteiger charge is -2.13. The number of amides is 1. The van der Waals surface area contributed by atoms with E-state index in [0.29, 0.717) is 23.5 Å². The molecule has 0 fully saturated rings. The molecule has 1 atom stereocenters. The number of imidazole rings is 1. The maximum Gasteiger partial charge on any atom is 0.271 e. The van der Waals surface area contributed by atoms with Crippen molar-refractivity contribution >= 4 is 17.5 Å². The number of nitriles is 1. The maximum absolute atomic E-state index is 13.9. The van der Waals surface area contributed by atoms with Crippen molar-refractivity contribution in [2.75, 3.05) is 0 Å². The van der Waals surface area contributed by atoms with Crippen molar-refractivity contribution in [2.45, 2.75) is 19.5 Å². The molecule has 7 nitrogen and oxygen atoms in total. The normalized spacial score (nSPS) is 11.8. The van der Waals surface area contributed by atoms with Crippen molar-refractivity contribution in [1.82, 2.24) is 24.6 Å². The van der Waals surface area contributed by atoms with Gasteiger partial charge in [-0.25, -0.2) is 9.37 Å². The van der Waals surface area contributed by atoms with Gasteiger partial charge in [0.1, 0.15) is 23.1 Å². The van der Waals surface area contributed by atoms with E-state index in [0.717, 1.165) is 0 Å². The third-order valence-electron chi connectivity index (χ3n) is 3.87. The van der Waals surface area contributed by atoms with Crippen LogP contribution in [0, 0.1) is 17.1 Å². The Morgan fingerprint density at radius 1 is 1.48 bits per heavy atom.